The summed E-state index contributed by atoms with van der Waals surface area (Å²) in [5.41, 5.74) is 1.87. The van der Waals surface area contributed by atoms with Crippen LogP contribution in [0.5, 0.6) is 0 Å². The van der Waals surface area contributed by atoms with Crippen LogP contribution in [0.1, 0.15) is 31.7 Å². The Morgan fingerprint density at radius 3 is 2.67 bits per heavy atom. The lowest BCUT2D eigenvalue weighted by Gasteiger charge is -2.32. The Bertz CT molecular complexity index is 669. The zero-order valence-corrected chi connectivity index (χ0v) is 13.8. The lowest BCUT2D eigenvalue weighted by Crippen LogP contribution is -2.47. The van der Waals surface area contributed by atoms with Crippen molar-refractivity contribution in [1.29, 1.82) is 0 Å². The third-order valence-corrected chi connectivity index (χ3v) is 4.69. The Morgan fingerprint density at radius 2 is 2.00 bits per heavy atom. The number of aliphatic carboxylic acids is 1. The van der Waals surface area contributed by atoms with Gasteiger partial charge in [-0.05, 0) is 30.9 Å². The first kappa shape index (κ1) is 16.5. The molecular formula is C18H22N2O4. The molecule has 1 atom stereocenters. The number of fused-ring (bicyclic) bond motifs is 1. The predicted molar refractivity (Wildman–Crippen MR) is 88.7 cm³/mol. The van der Waals surface area contributed by atoms with E-state index in [9.17, 15) is 14.4 Å². The molecule has 1 fully saturated rings. The van der Waals surface area contributed by atoms with Crippen LogP contribution in [-0.4, -0.2) is 46.9 Å². The van der Waals surface area contributed by atoms with Gasteiger partial charge in [0.1, 0.15) is 6.54 Å². The summed E-state index contributed by atoms with van der Waals surface area (Å²) in [5, 5.41) is 9.11. The summed E-state index contributed by atoms with van der Waals surface area (Å²) in [6.07, 6.45) is 2.91. The van der Waals surface area contributed by atoms with Crippen molar-refractivity contribution >= 4 is 23.5 Å². The normalized spacial score (nSPS) is 18.0. The molecule has 2 amide bonds. The van der Waals surface area contributed by atoms with Crippen LogP contribution in [0, 0.1) is 5.92 Å². The minimum absolute atomic E-state index is 0.0152. The minimum Gasteiger partial charge on any atom is -0.481 e. The van der Waals surface area contributed by atoms with Gasteiger partial charge in [-0.15, -0.1) is 0 Å². The first-order chi connectivity index (χ1) is 11.5. The van der Waals surface area contributed by atoms with E-state index in [4.69, 9.17) is 5.11 Å². The number of rotatable bonds is 6. The molecule has 1 unspecified atom stereocenters. The van der Waals surface area contributed by atoms with E-state index in [0.29, 0.717) is 12.8 Å². The van der Waals surface area contributed by atoms with Crippen molar-refractivity contribution in [2.75, 3.05) is 18.0 Å². The quantitative estimate of drug-likeness (QED) is 0.861. The Kier molecular flexibility index (Phi) is 4.55. The molecular weight excluding hydrogens is 308 g/mol. The number of nitrogens with zero attached hydrogens (tertiary/aromatic N) is 2. The highest BCUT2D eigenvalue weighted by Crippen LogP contribution is 2.30. The summed E-state index contributed by atoms with van der Waals surface area (Å²) in [7, 11) is 0. The van der Waals surface area contributed by atoms with E-state index in [1.54, 1.807) is 16.7 Å². The number of hydrogen-bond acceptors (Lipinski definition) is 3. The van der Waals surface area contributed by atoms with Gasteiger partial charge in [0.15, 0.2) is 0 Å². The number of anilines is 1. The highest BCUT2D eigenvalue weighted by molar-refractivity contribution is 6.01. The van der Waals surface area contributed by atoms with Crippen molar-refractivity contribution in [2.45, 2.75) is 38.6 Å². The summed E-state index contributed by atoms with van der Waals surface area (Å²) in [6.45, 7) is 1.79. The second-order valence-electron chi connectivity index (χ2n) is 6.63. The van der Waals surface area contributed by atoms with Crippen molar-refractivity contribution < 1.29 is 19.5 Å². The number of para-hydroxylation sites is 1. The second kappa shape index (κ2) is 6.63. The highest BCUT2D eigenvalue weighted by Gasteiger charge is 2.36. The molecule has 6 heteroatoms. The van der Waals surface area contributed by atoms with Gasteiger partial charge >= 0.3 is 5.97 Å². The van der Waals surface area contributed by atoms with Gasteiger partial charge in [-0.2, -0.15) is 0 Å². The van der Waals surface area contributed by atoms with Crippen molar-refractivity contribution in [3.63, 3.8) is 0 Å². The third-order valence-electron chi connectivity index (χ3n) is 4.69. The average Bonchev–Trinajstić information content (AvgIpc) is 3.39. The number of carboxylic acid groups (broad SMARTS) is 1. The van der Waals surface area contributed by atoms with Gasteiger partial charge in [-0.3, -0.25) is 14.4 Å². The fourth-order valence-electron chi connectivity index (χ4n) is 3.11. The first-order valence-corrected chi connectivity index (χ1v) is 8.38. The van der Waals surface area contributed by atoms with Gasteiger partial charge in [0.2, 0.25) is 11.8 Å². The van der Waals surface area contributed by atoms with E-state index < -0.39 is 11.9 Å². The number of carbonyl (C=O) groups excluding carboxylic acids is 2. The molecule has 0 spiro atoms. The zero-order valence-electron chi connectivity index (χ0n) is 13.8. The topological polar surface area (TPSA) is 77.9 Å². The SMILES string of the molecule is CC(CN(C(=O)CN1C(=O)CCc2ccccc21)C1CC1)C(=O)O. The number of amides is 2. The number of hydrogen-bond donors (Lipinski definition) is 1. The van der Waals surface area contributed by atoms with Crippen molar-refractivity contribution in [2.24, 2.45) is 5.92 Å². The van der Waals surface area contributed by atoms with Crippen molar-refractivity contribution in [3.05, 3.63) is 29.8 Å². The smallest absolute Gasteiger partial charge is 0.308 e. The van der Waals surface area contributed by atoms with Crippen LogP contribution in [0.15, 0.2) is 24.3 Å². The van der Waals surface area contributed by atoms with Crippen LogP contribution in [0.4, 0.5) is 5.69 Å². The zero-order chi connectivity index (χ0) is 17.3. The predicted octanol–water partition coefficient (Wildman–Crippen LogP) is 1.68. The Hall–Kier alpha value is -2.37. The van der Waals surface area contributed by atoms with Crippen LogP contribution in [0.2, 0.25) is 0 Å². The average molecular weight is 330 g/mol. The Balaban J connectivity index is 1.75. The standard InChI is InChI=1S/C18H22N2O4/c1-12(18(23)24)10-19(14-7-8-14)17(22)11-20-15-5-3-2-4-13(15)6-9-16(20)21/h2-5,12,14H,6-11H2,1H3,(H,23,24). The molecule has 6 nitrogen and oxygen atoms in total. The molecule has 1 aromatic rings. The van der Waals surface area contributed by atoms with E-state index in [0.717, 1.165) is 24.1 Å². The number of aryl methyl sites for hydroxylation is 1. The molecule has 1 aliphatic carbocycles. The summed E-state index contributed by atoms with van der Waals surface area (Å²) >= 11 is 0. The summed E-state index contributed by atoms with van der Waals surface area (Å²) in [6, 6.07) is 7.75. The molecule has 3 rings (SSSR count). The van der Waals surface area contributed by atoms with Gasteiger partial charge < -0.3 is 14.9 Å². The van der Waals surface area contributed by atoms with E-state index in [2.05, 4.69) is 0 Å². The number of carboxylic acids is 1. The molecule has 0 bridgehead atoms. The maximum atomic E-state index is 12.7. The second-order valence-corrected chi connectivity index (χ2v) is 6.63. The van der Waals surface area contributed by atoms with Gasteiger partial charge in [0.25, 0.3) is 0 Å². The molecule has 1 aliphatic heterocycles. The summed E-state index contributed by atoms with van der Waals surface area (Å²) in [4.78, 5) is 39.3. The highest BCUT2D eigenvalue weighted by atomic mass is 16.4. The van der Waals surface area contributed by atoms with Crippen LogP contribution in [0.25, 0.3) is 0 Å². The molecule has 1 saturated carbocycles. The molecule has 2 aliphatic rings. The van der Waals surface area contributed by atoms with Crippen molar-refractivity contribution in [1.82, 2.24) is 4.90 Å². The summed E-state index contributed by atoms with van der Waals surface area (Å²) < 4.78 is 0. The van der Waals surface area contributed by atoms with E-state index in [1.807, 2.05) is 24.3 Å². The van der Waals surface area contributed by atoms with E-state index in [1.165, 1.54) is 0 Å². The van der Waals surface area contributed by atoms with Gasteiger partial charge in [-0.1, -0.05) is 25.1 Å². The maximum Gasteiger partial charge on any atom is 0.308 e. The van der Waals surface area contributed by atoms with Crippen LogP contribution < -0.4 is 4.90 Å². The lowest BCUT2D eigenvalue weighted by molar-refractivity contribution is -0.143. The molecule has 0 aromatic heterocycles. The van der Waals surface area contributed by atoms with E-state index in [-0.39, 0.29) is 30.9 Å². The molecule has 1 aromatic carbocycles. The molecule has 128 valence electrons. The van der Waals surface area contributed by atoms with Crippen LogP contribution in [-0.2, 0) is 20.8 Å². The van der Waals surface area contributed by atoms with Gasteiger partial charge in [0, 0.05) is 24.7 Å². The molecule has 24 heavy (non-hydrogen) atoms. The van der Waals surface area contributed by atoms with Crippen LogP contribution >= 0.6 is 0 Å². The molecule has 0 saturated heterocycles. The van der Waals surface area contributed by atoms with Gasteiger partial charge in [-0.25, -0.2) is 0 Å². The number of carbonyl (C=O) groups is 3. The van der Waals surface area contributed by atoms with E-state index >= 15 is 0 Å². The monoisotopic (exact) mass is 330 g/mol. The van der Waals surface area contributed by atoms with Crippen LogP contribution in [0.3, 0.4) is 0 Å². The minimum atomic E-state index is -0.909. The fourth-order valence-corrected chi connectivity index (χ4v) is 3.11. The van der Waals surface area contributed by atoms with Gasteiger partial charge in [0.05, 0.1) is 5.92 Å². The molecule has 0 radical (unpaired) electrons. The maximum absolute atomic E-state index is 12.7. The first-order valence-electron chi connectivity index (χ1n) is 8.38. The Morgan fingerprint density at radius 1 is 1.29 bits per heavy atom. The largest absolute Gasteiger partial charge is 0.481 e. The molecule has 1 N–H and O–H groups in total. The van der Waals surface area contributed by atoms with Crippen molar-refractivity contribution in [3.8, 4) is 0 Å². The number of benzene rings is 1. The Labute approximate surface area is 141 Å². The molecule has 1 heterocycles. The lowest BCUT2D eigenvalue weighted by atomic mass is 10.0. The third kappa shape index (κ3) is 3.42. The fraction of sp³-hybridized carbons (Fsp3) is 0.500. The summed E-state index contributed by atoms with van der Waals surface area (Å²) in [5.74, 6) is -1.74.